The largest absolute Gasteiger partial charge is 0.459 e. The molecule has 0 saturated carbocycles. The third kappa shape index (κ3) is 2.38. The van der Waals surface area contributed by atoms with Crippen LogP contribution in [0.3, 0.4) is 0 Å². The fourth-order valence-electron chi connectivity index (χ4n) is 1.65. The van der Waals surface area contributed by atoms with E-state index in [1.165, 1.54) is 6.26 Å². The van der Waals surface area contributed by atoms with Crippen molar-refractivity contribution in [3.05, 3.63) is 41.6 Å². The lowest BCUT2D eigenvalue weighted by molar-refractivity contribution is 0.0923. The predicted octanol–water partition coefficient (Wildman–Crippen LogP) is 1.73. The van der Waals surface area contributed by atoms with Gasteiger partial charge in [0.2, 0.25) is 0 Å². The number of nitrogens with one attached hydrogen (secondary N) is 1. The van der Waals surface area contributed by atoms with Crippen LogP contribution >= 0.6 is 0 Å². The zero-order valence-corrected chi connectivity index (χ0v) is 9.93. The molecule has 0 aliphatic rings. The molecule has 0 bridgehead atoms. The highest BCUT2D eigenvalue weighted by Crippen LogP contribution is 2.07. The molecule has 2 heterocycles. The quantitative estimate of drug-likeness (QED) is 0.874. The Balaban J connectivity index is 1.98. The second-order valence-corrected chi connectivity index (χ2v) is 3.73. The minimum absolute atomic E-state index is 0.210. The van der Waals surface area contributed by atoms with Crippen molar-refractivity contribution in [2.75, 3.05) is 0 Å². The maximum Gasteiger partial charge on any atom is 0.287 e. The number of hydrogen-bond acceptors (Lipinski definition) is 3. The van der Waals surface area contributed by atoms with Crippen LogP contribution < -0.4 is 5.32 Å². The van der Waals surface area contributed by atoms with Gasteiger partial charge in [0, 0.05) is 24.3 Å². The van der Waals surface area contributed by atoms with Gasteiger partial charge in [0.15, 0.2) is 5.76 Å². The number of carbonyl (C=O) groups is 1. The summed E-state index contributed by atoms with van der Waals surface area (Å²) in [5.74, 6) is 0.115. The van der Waals surface area contributed by atoms with Gasteiger partial charge < -0.3 is 9.73 Å². The summed E-state index contributed by atoms with van der Waals surface area (Å²) >= 11 is 0. The molecule has 5 nitrogen and oxygen atoms in total. The summed E-state index contributed by atoms with van der Waals surface area (Å²) < 4.78 is 6.90. The SMILES string of the molecule is CCn1ncc(CNC(=O)c2ccco2)c1C. The fraction of sp³-hybridized carbons (Fsp3) is 0.333. The van der Waals surface area contributed by atoms with Crippen LogP contribution in [0.15, 0.2) is 29.0 Å². The third-order valence-electron chi connectivity index (χ3n) is 2.69. The van der Waals surface area contributed by atoms with Gasteiger partial charge in [-0.05, 0) is 26.0 Å². The summed E-state index contributed by atoms with van der Waals surface area (Å²) in [4.78, 5) is 11.6. The Bertz CT molecular complexity index is 500. The maximum absolute atomic E-state index is 11.6. The number of nitrogens with zero attached hydrogens (tertiary/aromatic N) is 2. The van der Waals surface area contributed by atoms with Crippen LogP contribution in [0.5, 0.6) is 0 Å². The predicted molar refractivity (Wildman–Crippen MR) is 62.5 cm³/mol. The topological polar surface area (TPSA) is 60.1 Å². The molecule has 2 aromatic heterocycles. The van der Waals surface area contributed by atoms with Gasteiger partial charge in [0.05, 0.1) is 12.5 Å². The Kier molecular flexibility index (Phi) is 3.27. The number of rotatable bonds is 4. The Labute approximate surface area is 99.4 Å². The first-order valence-electron chi connectivity index (χ1n) is 5.55. The summed E-state index contributed by atoms with van der Waals surface area (Å²) in [5, 5.41) is 7.01. The summed E-state index contributed by atoms with van der Waals surface area (Å²) in [6.07, 6.45) is 3.26. The second kappa shape index (κ2) is 4.86. The molecule has 0 aliphatic heterocycles. The van der Waals surface area contributed by atoms with Gasteiger partial charge in [0.25, 0.3) is 5.91 Å². The molecule has 0 radical (unpaired) electrons. The van der Waals surface area contributed by atoms with E-state index in [9.17, 15) is 4.79 Å². The average Bonchev–Trinajstić information content (AvgIpc) is 2.96. The van der Waals surface area contributed by atoms with Crippen LogP contribution in [0.25, 0.3) is 0 Å². The molecule has 1 amide bonds. The highest BCUT2D eigenvalue weighted by molar-refractivity contribution is 5.91. The highest BCUT2D eigenvalue weighted by Gasteiger charge is 2.10. The monoisotopic (exact) mass is 233 g/mol. The molecule has 0 saturated heterocycles. The van der Waals surface area contributed by atoms with E-state index < -0.39 is 0 Å². The molecule has 0 aliphatic carbocycles. The Morgan fingerprint density at radius 1 is 1.59 bits per heavy atom. The number of hydrogen-bond donors (Lipinski definition) is 1. The van der Waals surface area contributed by atoms with Gasteiger partial charge in [-0.15, -0.1) is 0 Å². The fourth-order valence-corrected chi connectivity index (χ4v) is 1.65. The van der Waals surface area contributed by atoms with E-state index in [-0.39, 0.29) is 5.91 Å². The second-order valence-electron chi connectivity index (χ2n) is 3.73. The average molecular weight is 233 g/mol. The van der Waals surface area contributed by atoms with Gasteiger partial charge in [-0.3, -0.25) is 9.48 Å². The Morgan fingerprint density at radius 2 is 2.41 bits per heavy atom. The van der Waals surface area contributed by atoms with Crippen LogP contribution in [0.4, 0.5) is 0 Å². The van der Waals surface area contributed by atoms with E-state index in [0.717, 1.165) is 17.8 Å². The van der Waals surface area contributed by atoms with Crippen molar-refractivity contribution < 1.29 is 9.21 Å². The van der Waals surface area contributed by atoms with Gasteiger partial charge in [-0.1, -0.05) is 0 Å². The van der Waals surface area contributed by atoms with Gasteiger partial charge in [-0.2, -0.15) is 5.10 Å². The van der Waals surface area contributed by atoms with Crippen LogP contribution in [0, 0.1) is 6.92 Å². The van der Waals surface area contributed by atoms with Crippen molar-refractivity contribution in [2.24, 2.45) is 0 Å². The number of aryl methyl sites for hydroxylation is 1. The van der Waals surface area contributed by atoms with Crippen LogP contribution in [0.2, 0.25) is 0 Å². The van der Waals surface area contributed by atoms with Crippen molar-refractivity contribution >= 4 is 5.91 Å². The molecular weight excluding hydrogens is 218 g/mol. The number of amides is 1. The molecule has 0 aromatic carbocycles. The summed E-state index contributed by atoms with van der Waals surface area (Å²) in [7, 11) is 0. The molecule has 0 unspecified atom stereocenters. The summed E-state index contributed by atoms with van der Waals surface area (Å²) in [5.41, 5.74) is 2.10. The minimum atomic E-state index is -0.210. The molecule has 0 spiro atoms. The van der Waals surface area contributed by atoms with E-state index in [1.54, 1.807) is 18.3 Å². The smallest absolute Gasteiger partial charge is 0.287 e. The van der Waals surface area contributed by atoms with Crippen molar-refractivity contribution in [3.8, 4) is 0 Å². The first-order chi connectivity index (χ1) is 8.22. The normalized spacial score (nSPS) is 10.5. The summed E-state index contributed by atoms with van der Waals surface area (Å²) in [6, 6.07) is 3.33. The zero-order chi connectivity index (χ0) is 12.3. The molecule has 17 heavy (non-hydrogen) atoms. The lowest BCUT2D eigenvalue weighted by Crippen LogP contribution is -2.22. The first-order valence-corrected chi connectivity index (χ1v) is 5.55. The van der Waals surface area contributed by atoms with E-state index in [4.69, 9.17) is 4.42 Å². The molecule has 2 aromatic rings. The Morgan fingerprint density at radius 3 is 3.00 bits per heavy atom. The van der Waals surface area contributed by atoms with Crippen LogP contribution in [0.1, 0.15) is 28.7 Å². The number of aromatic nitrogens is 2. The molecule has 0 fully saturated rings. The maximum atomic E-state index is 11.6. The van der Waals surface area contributed by atoms with Crippen molar-refractivity contribution in [1.82, 2.24) is 15.1 Å². The van der Waals surface area contributed by atoms with Gasteiger partial charge in [0.1, 0.15) is 0 Å². The lowest BCUT2D eigenvalue weighted by Gasteiger charge is -2.03. The minimum Gasteiger partial charge on any atom is -0.459 e. The van der Waals surface area contributed by atoms with Crippen molar-refractivity contribution in [3.63, 3.8) is 0 Å². The molecular formula is C12H15N3O2. The zero-order valence-electron chi connectivity index (χ0n) is 9.93. The molecule has 2 rings (SSSR count). The molecule has 0 atom stereocenters. The molecule has 5 heteroatoms. The highest BCUT2D eigenvalue weighted by atomic mass is 16.3. The van der Waals surface area contributed by atoms with Crippen LogP contribution in [-0.4, -0.2) is 15.7 Å². The van der Waals surface area contributed by atoms with Gasteiger partial charge >= 0.3 is 0 Å². The number of furan rings is 1. The summed E-state index contributed by atoms with van der Waals surface area (Å²) in [6.45, 7) is 5.32. The van der Waals surface area contributed by atoms with Crippen molar-refractivity contribution in [1.29, 1.82) is 0 Å². The van der Waals surface area contributed by atoms with E-state index in [1.807, 2.05) is 18.5 Å². The van der Waals surface area contributed by atoms with E-state index >= 15 is 0 Å². The van der Waals surface area contributed by atoms with E-state index in [2.05, 4.69) is 10.4 Å². The van der Waals surface area contributed by atoms with Gasteiger partial charge in [-0.25, -0.2) is 0 Å². The van der Waals surface area contributed by atoms with E-state index in [0.29, 0.717) is 12.3 Å². The molecule has 90 valence electrons. The standard InChI is InChI=1S/C12H15N3O2/c1-3-15-9(2)10(8-14-15)7-13-12(16)11-5-4-6-17-11/h4-6,8H,3,7H2,1-2H3,(H,13,16). The van der Waals surface area contributed by atoms with Crippen LogP contribution in [-0.2, 0) is 13.1 Å². The van der Waals surface area contributed by atoms with Crippen molar-refractivity contribution in [2.45, 2.75) is 26.9 Å². The molecule has 1 N–H and O–H groups in total. The first kappa shape index (κ1) is 11.4. The third-order valence-corrected chi connectivity index (χ3v) is 2.69. The Hall–Kier alpha value is -2.04. The number of carbonyl (C=O) groups excluding carboxylic acids is 1. The lowest BCUT2D eigenvalue weighted by atomic mass is 10.2.